The molecule has 0 amide bonds. The van der Waals surface area contributed by atoms with Crippen molar-refractivity contribution >= 4 is 54.6 Å². The van der Waals surface area contributed by atoms with Crippen molar-refractivity contribution in [2.75, 3.05) is 0 Å². The SMILES string of the molecule is c1ccc(-c2cc(-n3c4ccccc4c4cc5c(cc43)c3ccccc3n5-c3ccccc3)ccc2-c2nc3ccccc3nc2-c2ccccc2)cc1. The summed E-state index contributed by atoms with van der Waals surface area (Å²) in [5.41, 5.74) is 14.7. The van der Waals surface area contributed by atoms with Crippen LogP contribution in [0.3, 0.4) is 0 Å². The minimum absolute atomic E-state index is 0.864. The van der Waals surface area contributed by atoms with Gasteiger partial charge in [0, 0.05) is 44.0 Å². The fourth-order valence-electron chi connectivity index (χ4n) is 8.28. The van der Waals surface area contributed by atoms with Crippen molar-refractivity contribution in [2.24, 2.45) is 0 Å². The van der Waals surface area contributed by atoms with E-state index in [2.05, 4.69) is 173 Å². The molecule has 8 aromatic carbocycles. The van der Waals surface area contributed by atoms with E-state index in [1.165, 1.54) is 38.1 Å². The van der Waals surface area contributed by atoms with E-state index in [0.29, 0.717) is 0 Å². The van der Waals surface area contributed by atoms with Crippen molar-refractivity contribution < 1.29 is 0 Å². The smallest absolute Gasteiger partial charge is 0.0979 e. The van der Waals surface area contributed by atoms with Gasteiger partial charge in [-0.05, 0) is 71.8 Å². The molecular formula is C50H32N4. The lowest BCUT2D eigenvalue weighted by Crippen LogP contribution is -1.99. The van der Waals surface area contributed by atoms with E-state index in [9.17, 15) is 0 Å². The number of hydrogen-bond acceptors (Lipinski definition) is 2. The highest BCUT2D eigenvalue weighted by Gasteiger charge is 2.21. The molecule has 0 saturated heterocycles. The third-order valence-corrected chi connectivity index (χ3v) is 10.7. The minimum Gasteiger partial charge on any atom is -0.309 e. The molecule has 0 unspecified atom stereocenters. The van der Waals surface area contributed by atoms with E-state index in [0.717, 1.165) is 61.6 Å². The molecule has 0 aliphatic rings. The Morgan fingerprint density at radius 1 is 0.296 bits per heavy atom. The first-order chi connectivity index (χ1) is 26.8. The standard InChI is InChI=1S/C50H32N4/c1-4-16-33(17-5-1)40-30-36(28-29-39(40)50-49(34-18-6-2-7-19-34)51-43-24-12-13-25-44(43)52-50)54-46-27-15-11-23-38(46)42-31-47-41(32-48(42)54)37-22-10-14-26-45(37)53(47)35-20-8-3-9-21-35/h1-32H. The molecule has 4 heteroatoms. The quantitative estimate of drug-likeness (QED) is 0.180. The summed E-state index contributed by atoms with van der Waals surface area (Å²) in [6.07, 6.45) is 0. The zero-order valence-electron chi connectivity index (χ0n) is 29.3. The summed E-state index contributed by atoms with van der Waals surface area (Å²) in [5.74, 6) is 0. The van der Waals surface area contributed by atoms with Crippen molar-refractivity contribution in [1.29, 1.82) is 0 Å². The first-order valence-electron chi connectivity index (χ1n) is 18.3. The minimum atomic E-state index is 0.864. The maximum absolute atomic E-state index is 5.32. The average Bonchev–Trinajstić information content (AvgIpc) is 3.75. The zero-order valence-corrected chi connectivity index (χ0v) is 29.3. The van der Waals surface area contributed by atoms with Crippen molar-refractivity contribution in [3.8, 4) is 45.0 Å². The molecule has 0 aliphatic carbocycles. The van der Waals surface area contributed by atoms with Gasteiger partial charge in [-0.3, -0.25) is 0 Å². The Bertz CT molecular complexity index is 3200. The highest BCUT2D eigenvalue weighted by Crippen LogP contribution is 2.42. The van der Waals surface area contributed by atoms with Crippen LogP contribution in [0.2, 0.25) is 0 Å². The lowest BCUT2D eigenvalue weighted by atomic mass is 9.94. The first-order valence-corrected chi connectivity index (χ1v) is 18.3. The molecule has 252 valence electrons. The molecule has 3 heterocycles. The fourth-order valence-corrected chi connectivity index (χ4v) is 8.28. The van der Waals surface area contributed by atoms with Crippen LogP contribution < -0.4 is 0 Å². The van der Waals surface area contributed by atoms with Crippen molar-refractivity contribution in [3.63, 3.8) is 0 Å². The second-order valence-corrected chi connectivity index (χ2v) is 13.8. The van der Waals surface area contributed by atoms with Crippen LogP contribution in [-0.2, 0) is 0 Å². The second-order valence-electron chi connectivity index (χ2n) is 13.8. The first kappa shape index (κ1) is 30.3. The Hall–Kier alpha value is -7.30. The normalized spacial score (nSPS) is 11.7. The molecule has 54 heavy (non-hydrogen) atoms. The number of hydrogen-bond donors (Lipinski definition) is 0. The van der Waals surface area contributed by atoms with Gasteiger partial charge in [0.1, 0.15) is 0 Å². The van der Waals surface area contributed by atoms with E-state index in [1.807, 2.05) is 30.3 Å². The molecule has 0 N–H and O–H groups in total. The number of para-hydroxylation sites is 5. The van der Waals surface area contributed by atoms with Gasteiger partial charge in [-0.2, -0.15) is 0 Å². The predicted molar refractivity (Wildman–Crippen MR) is 225 cm³/mol. The molecule has 4 nitrogen and oxygen atoms in total. The summed E-state index contributed by atoms with van der Waals surface area (Å²) < 4.78 is 4.83. The maximum atomic E-state index is 5.32. The van der Waals surface area contributed by atoms with Crippen LogP contribution in [0.25, 0.3) is 99.7 Å². The van der Waals surface area contributed by atoms with Gasteiger partial charge in [-0.1, -0.05) is 133 Å². The lowest BCUT2D eigenvalue weighted by Gasteiger charge is -2.17. The number of aromatic nitrogens is 4. The summed E-state index contributed by atoms with van der Waals surface area (Å²) in [4.78, 5) is 10.5. The van der Waals surface area contributed by atoms with Crippen LogP contribution >= 0.6 is 0 Å². The van der Waals surface area contributed by atoms with Crippen molar-refractivity contribution in [2.45, 2.75) is 0 Å². The van der Waals surface area contributed by atoms with Crippen molar-refractivity contribution in [3.05, 3.63) is 194 Å². The van der Waals surface area contributed by atoms with E-state index in [4.69, 9.17) is 9.97 Å². The largest absolute Gasteiger partial charge is 0.309 e. The van der Waals surface area contributed by atoms with E-state index < -0.39 is 0 Å². The van der Waals surface area contributed by atoms with E-state index in [-0.39, 0.29) is 0 Å². The van der Waals surface area contributed by atoms with Crippen LogP contribution in [-0.4, -0.2) is 19.1 Å². The number of rotatable bonds is 5. The van der Waals surface area contributed by atoms with Crippen LogP contribution in [0.5, 0.6) is 0 Å². The molecule has 11 aromatic rings. The van der Waals surface area contributed by atoms with Gasteiger partial charge in [0.25, 0.3) is 0 Å². The Labute approximate surface area is 311 Å². The highest BCUT2D eigenvalue weighted by atomic mass is 15.0. The second kappa shape index (κ2) is 12.1. The monoisotopic (exact) mass is 688 g/mol. The van der Waals surface area contributed by atoms with Gasteiger partial charge in [-0.25, -0.2) is 9.97 Å². The Morgan fingerprint density at radius 2 is 0.778 bits per heavy atom. The van der Waals surface area contributed by atoms with Gasteiger partial charge in [0.15, 0.2) is 0 Å². The van der Waals surface area contributed by atoms with E-state index >= 15 is 0 Å². The molecule has 3 aromatic heterocycles. The molecule has 0 saturated carbocycles. The highest BCUT2D eigenvalue weighted by molar-refractivity contribution is 6.19. The summed E-state index contributed by atoms with van der Waals surface area (Å²) in [5, 5.41) is 4.90. The molecule has 11 rings (SSSR count). The lowest BCUT2D eigenvalue weighted by molar-refractivity contribution is 1.17. The third kappa shape index (κ3) is 4.70. The van der Waals surface area contributed by atoms with Gasteiger partial charge >= 0.3 is 0 Å². The zero-order chi connectivity index (χ0) is 35.6. The number of benzene rings is 8. The molecule has 0 radical (unpaired) electrons. The number of fused-ring (bicyclic) bond motifs is 7. The van der Waals surface area contributed by atoms with E-state index in [1.54, 1.807) is 0 Å². The average molecular weight is 689 g/mol. The van der Waals surface area contributed by atoms with Crippen LogP contribution in [0, 0.1) is 0 Å². The van der Waals surface area contributed by atoms with Gasteiger partial charge in [0.05, 0.1) is 44.5 Å². The molecule has 0 bridgehead atoms. The maximum Gasteiger partial charge on any atom is 0.0979 e. The van der Waals surface area contributed by atoms with Gasteiger partial charge < -0.3 is 9.13 Å². The summed E-state index contributed by atoms with van der Waals surface area (Å²) in [6, 6.07) is 69.0. The summed E-state index contributed by atoms with van der Waals surface area (Å²) in [7, 11) is 0. The van der Waals surface area contributed by atoms with Gasteiger partial charge in [-0.15, -0.1) is 0 Å². The van der Waals surface area contributed by atoms with Gasteiger partial charge in [0.2, 0.25) is 0 Å². The predicted octanol–water partition coefficient (Wildman–Crippen LogP) is 12.8. The van der Waals surface area contributed by atoms with Crippen LogP contribution in [0.15, 0.2) is 194 Å². The summed E-state index contributed by atoms with van der Waals surface area (Å²) >= 11 is 0. The molecular weight excluding hydrogens is 657 g/mol. The number of nitrogens with zero attached hydrogens (tertiary/aromatic N) is 4. The Balaban J connectivity index is 1.21. The van der Waals surface area contributed by atoms with Crippen LogP contribution in [0.4, 0.5) is 0 Å². The van der Waals surface area contributed by atoms with Crippen LogP contribution in [0.1, 0.15) is 0 Å². The summed E-state index contributed by atoms with van der Waals surface area (Å²) in [6.45, 7) is 0. The fraction of sp³-hybridized carbons (Fsp3) is 0. The molecule has 0 atom stereocenters. The molecule has 0 spiro atoms. The third-order valence-electron chi connectivity index (χ3n) is 10.7. The molecule has 0 aliphatic heterocycles. The Morgan fingerprint density at radius 3 is 1.39 bits per heavy atom. The topological polar surface area (TPSA) is 35.6 Å². The van der Waals surface area contributed by atoms with Crippen molar-refractivity contribution in [1.82, 2.24) is 19.1 Å². The Kier molecular flexibility index (Phi) is 6.82. The molecule has 0 fully saturated rings.